The van der Waals surface area contributed by atoms with Crippen LogP contribution in [0.15, 0.2) is 24.3 Å². The van der Waals surface area contributed by atoms with Crippen LogP contribution in [0.3, 0.4) is 0 Å². The molecule has 1 saturated carbocycles. The molecule has 0 amide bonds. The average molecular weight is 295 g/mol. The Morgan fingerprint density at radius 2 is 1.68 bits per heavy atom. The topological polar surface area (TPSA) is 43.0 Å². The molecule has 1 aromatic carbocycles. The maximum atomic E-state index is 13.0. The third-order valence-corrected chi connectivity index (χ3v) is 4.68. The number of benzene rings is 1. The van der Waals surface area contributed by atoms with E-state index in [0.29, 0.717) is 28.6 Å². The van der Waals surface area contributed by atoms with E-state index in [2.05, 4.69) is 18.4 Å². The molecule has 22 heavy (non-hydrogen) atoms. The Morgan fingerprint density at radius 3 is 2.23 bits per heavy atom. The maximum absolute atomic E-state index is 13.0. The van der Waals surface area contributed by atoms with Crippen LogP contribution in [0.2, 0.25) is 0 Å². The zero-order valence-electron chi connectivity index (χ0n) is 13.1. The van der Waals surface area contributed by atoms with Gasteiger partial charge in [0.2, 0.25) is 23.0 Å². The fourth-order valence-electron chi connectivity index (χ4n) is 3.65. The van der Waals surface area contributed by atoms with Gasteiger partial charge in [-0.1, -0.05) is 24.3 Å². The molecule has 0 spiro atoms. The predicted octanol–water partition coefficient (Wildman–Crippen LogP) is 2.78. The van der Waals surface area contributed by atoms with Gasteiger partial charge in [0, 0.05) is 18.1 Å². The summed E-state index contributed by atoms with van der Waals surface area (Å²) in [5.41, 5.74) is 2.23. The fourth-order valence-corrected chi connectivity index (χ4v) is 3.65. The molecule has 4 heteroatoms. The van der Waals surface area contributed by atoms with Crippen molar-refractivity contribution < 1.29 is 14.2 Å². The number of ketones is 2. The predicted molar refractivity (Wildman–Crippen MR) is 81.3 cm³/mol. The molecule has 2 aromatic rings. The average Bonchev–Trinajstić information content (AvgIpc) is 3.27. The lowest BCUT2D eigenvalue weighted by Gasteiger charge is -2.13. The van der Waals surface area contributed by atoms with Gasteiger partial charge in [-0.25, -0.2) is 9.13 Å². The number of hydrogen-bond acceptors (Lipinski definition) is 2. The molecule has 112 valence electrons. The molecule has 0 aliphatic heterocycles. The summed E-state index contributed by atoms with van der Waals surface area (Å²) in [6.45, 7) is 6.13. The second-order valence-electron chi connectivity index (χ2n) is 6.51. The van der Waals surface area contributed by atoms with Gasteiger partial charge < -0.3 is 0 Å². The molecular formula is C18H19N2O2+. The second kappa shape index (κ2) is 4.38. The number of carbonyl (C=O) groups is 2. The summed E-state index contributed by atoms with van der Waals surface area (Å²) in [6, 6.07) is 7.68. The molecule has 1 fully saturated rings. The van der Waals surface area contributed by atoms with Crippen molar-refractivity contribution >= 4 is 11.6 Å². The van der Waals surface area contributed by atoms with Crippen molar-refractivity contribution in [2.24, 2.45) is 0 Å². The monoisotopic (exact) mass is 295 g/mol. The van der Waals surface area contributed by atoms with Crippen LogP contribution in [-0.2, 0) is 0 Å². The highest BCUT2D eigenvalue weighted by molar-refractivity contribution is 6.26. The van der Waals surface area contributed by atoms with E-state index < -0.39 is 0 Å². The van der Waals surface area contributed by atoms with Gasteiger partial charge in [0.1, 0.15) is 6.04 Å². The highest BCUT2D eigenvalue weighted by Gasteiger charge is 2.47. The molecule has 0 atom stereocenters. The molecule has 0 bridgehead atoms. The summed E-state index contributed by atoms with van der Waals surface area (Å²) >= 11 is 0. The Labute approximate surface area is 129 Å². The van der Waals surface area contributed by atoms with E-state index in [1.807, 2.05) is 23.6 Å². The lowest BCUT2D eigenvalue weighted by atomic mass is 9.89. The Morgan fingerprint density at radius 1 is 1.09 bits per heavy atom. The van der Waals surface area contributed by atoms with Crippen molar-refractivity contribution in [2.45, 2.75) is 45.7 Å². The van der Waals surface area contributed by atoms with E-state index in [1.54, 1.807) is 12.1 Å². The first-order valence-electron chi connectivity index (χ1n) is 7.87. The Balaban J connectivity index is 2.07. The standard InChI is InChI=1S/C18H19N2O2/c1-10(2)19-11(3)20(12-8-9-12)16-15(19)17(21)13-6-4-5-7-14(13)18(16)22/h4-7,10,12H,8-9H2,1-3H3/q+1. The summed E-state index contributed by atoms with van der Waals surface area (Å²) in [7, 11) is 0. The van der Waals surface area contributed by atoms with E-state index in [-0.39, 0.29) is 17.6 Å². The zero-order valence-corrected chi connectivity index (χ0v) is 13.1. The van der Waals surface area contributed by atoms with E-state index in [9.17, 15) is 9.59 Å². The van der Waals surface area contributed by atoms with Gasteiger partial charge in [0.25, 0.3) is 5.82 Å². The van der Waals surface area contributed by atoms with Gasteiger partial charge in [-0.3, -0.25) is 9.59 Å². The molecule has 1 aromatic heterocycles. The maximum Gasteiger partial charge on any atom is 0.254 e. The highest BCUT2D eigenvalue weighted by Crippen LogP contribution is 2.35. The molecule has 0 saturated heterocycles. The number of fused-ring (bicyclic) bond motifs is 2. The number of aromatic nitrogens is 2. The SMILES string of the molecule is Cc1n(C(C)C)c2c([n+]1C1CC1)C(=O)c1ccccc1C2=O. The molecular weight excluding hydrogens is 276 g/mol. The lowest BCUT2D eigenvalue weighted by Crippen LogP contribution is -2.42. The molecule has 4 nitrogen and oxygen atoms in total. The van der Waals surface area contributed by atoms with Crippen LogP contribution in [0.25, 0.3) is 0 Å². The molecule has 2 aliphatic carbocycles. The summed E-state index contributed by atoms with van der Waals surface area (Å²) in [5, 5.41) is 0. The van der Waals surface area contributed by atoms with Crippen molar-refractivity contribution in [3.05, 3.63) is 52.6 Å². The van der Waals surface area contributed by atoms with Gasteiger partial charge in [0.15, 0.2) is 0 Å². The van der Waals surface area contributed by atoms with Crippen LogP contribution in [0.5, 0.6) is 0 Å². The Hall–Kier alpha value is -2.23. The minimum Gasteiger partial charge on any atom is -0.284 e. The van der Waals surface area contributed by atoms with Crippen LogP contribution in [0.4, 0.5) is 0 Å². The number of carbonyl (C=O) groups excluding carboxylic acids is 2. The van der Waals surface area contributed by atoms with E-state index in [4.69, 9.17) is 0 Å². The van der Waals surface area contributed by atoms with Gasteiger partial charge in [-0.15, -0.1) is 0 Å². The normalized spacial score (nSPS) is 16.9. The van der Waals surface area contributed by atoms with Gasteiger partial charge in [-0.05, 0) is 26.7 Å². The van der Waals surface area contributed by atoms with Crippen LogP contribution in [-0.4, -0.2) is 16.1 Å². The minimum absolute atomic E-state index is 0.0143. The third-order valence-electron chi connectivity index (χ3n) is 4.68. The van der Waals surface area contributed by atoms with E-state index in [1.165, 1.54) is 0 Å². The largest absolute Gasteiger partial charge is 0.284 e. The van der Waals surface area contributed by atoms with Crippen molar-refractivity contribution in [3.63, 3.8) is 0 Å². The van der Waals surface area contributed by atoms with E-state index >= 15 is 0 Å². The lowest BCUT2D eigenvalue weighted by molar-refractivity contribution is -0.707. The number of rotatable bonds is 2. The quantitative estimate of drug-likeness (QED) is 0.682. The van der Waals surface area contributed by atoms with Crippen LogP contribution in [0, 0.1) is 6.92 Å². The summed E-state index contributed by atoms with van der Waals surface area (Å²) in [5.74, 6) is 0.970. The summed E-state index contributed by atoms with van der Waals surface area (Å²) in [6.07, 6.45) is 2.17. The number of imidazole rings is 1. The second-order valence-corrected chi connectivity index (χ2v) is 6.51. The molecule has 0 radical (unpaired) electrons. The molecule has 0 N–H and O–H groups in total. The van der Waals surface area contributed by atoms with Crippen molar-refractivity contribution in [2.75, 3.05) is 0 Å². The van der Waals surface area contributed by atoms with E-state index in [0.717, 1.165) is 18.7 Å². The number of nitrogens with zero attached hydrogens (tertiary/aromatic N) is 2. The van der Waals surface area contributed by atoms with Crippen molar-refractivity contribution in [3.8, 4) is 0 Å². The Kier molecular flexibility index (Phi) is 2.68. The van der Waals surface area contributed by atoms with Crippen LogP contribution >= 0.6 is 0 Å². The number of hydrogen-bond donors (Lipinski definition) is 0. The van der Waals surface area contributed by atoms with Crippen molar-refractivity contribution in [1.29, 1.82) is 0 Å². The third kappa shape index (κ3) is 1.61. The molecule has 2 aliphatic rings. The molecule has 1 heterocycles. The molecule has 4 rings (SSSR count). The first-order valence-corrected chi connectivity index (χ1v) is 7.87. The molecule has 0 unspecified atom stereocenters. The zero-order chi connectivity index (χ0) is 15.6. The minimum atomic E-state index is -0.0265. The van der Waals surface area contributed by atoms with Gasteiger partial charge in [-0.2, -0.15) is 0 Å². The first kappa shape index (κ1) is 13.4. The van der Waals surface area contributed by atoms with Crippen LogP contribution < -0.4 is 4.57 Å². The smallest absolute Gasteiger partial charge is 0.254 e. The van der Waals surface area contributed by atoms with Gasteiger partial charge in [0.05, 0.1) is 6.04 Å². The first-order chi connectivity index (χ1) is 10.5. The van der Waals surface area contributed by atoms with Gasteiger partial charge >= 0.3 is 0 Å². The van der Waals surface area contributed by atoms with Crippen molar-refractivity contribution in [1.82, 2.24) is 4.57 Å². The fraction of sp³-hybridized carbons (Fsp3) is 0.389. The summed E-state index contributed by atoms with van der Waals surface area (Å²) < 4.78 is 4.13. The highest BCUT2D eigenvalue weighted by atomic mass is 16.1. The Bertz CT molecular complexity index is 767. The summed E-state index contributed by atoms with van der Waals surface area (Å²) in [4.78, 5) is 26.0. The van der Waals surface area contributed by atoms with Crippen LogP contribution in [0.1, 0.15) is 76.7 Å².